The molecule has 1 unspecified atom stereocenters. The Bertz CT molecular complexity index is 603. The maximum absolute atomic E-state index is 4.71. The van der Waals surface area contributed by atoms with E-state index in [4.69, 9.17) is 4.98 Å². The van der Waals surface area contributed by atoms with E-state index in [0.717, 1.165) is 26.2 Å². The van der Waals surface area contributed by atoms with E-state index >= 15 is 0 Å². The lowest BCUT2D eigenvalue weighted by molar-refractivity contribution is 0.175. The lowest BCUT2D eigenvalue weighted by Crippen LogP contribution is -2.39. The summed E-state index contributed by atoms with van der Waals surface area (Å²) in [6.07, 6.45) is 3.16. The molecule has 1 aromatic heterocycles. The molecule has 0 saturated carbocycles. The second kappa shape index (κ2) is 7.71. The van der Waals surface area contributed by atoms with Crippen LogP contribution in [0.4, 0.5) is 0 Å². The topological polar surface area (TPSA) is 28.2 Å². The average molecular weight is 309 g/mol. The molecule has 0 spiro atoms. The van der Waals surface area contributed by atoms with Crippen LogP contribution in [-0.4, -0.2) is 35.6 Å². The van der Waals surface area contributed by atoms with Crippen molar-refractivity contribution in [1.82, 2.24) is 15.2 Å². The van der Waals surface area contributed by atoms with Crippen LogP contribution in [0.15, 0.2) is 48.7 Å². The van der Waals surface area contributed by atoms with Crippen molar-refractivity contribution >= 4 is 0 Å². The Morgan fingerprint density at radius 1 is 1.17 bits per heavy atom. The van der Waals surface area contributed by atoms with Gasteiger partial charge in [0.05, 0.1) is 5.69 Å². The van der Waals surface area contributed by atoms with Crippen LogP contribution in [0.3, 0.4) is 0 Å². The molecular weight excluding hydrogens is 282 g/mol. The Balaban J connectivity index is 1.85. The van der Waals surface area contributed by atoms with Crippen molar-refractivity contribution in [2.24, 2.45) is 5.92 Å². The lowest BCUT2D eigenvalue weighted by Gasteiger charge is -2.30. The summed E-state index contributed by atoms with van der Waals surface area (Å²) in [6, 6.07) is 15.5. The van der Waals surface area contributed by atoms with E-state index in [1.54, 1.807) is 0 Å². The zero-order valence-electron chi connectivity index (χ0n) is 14.2. The fourth-order valence-electron chi connectivity index (χ4n) is 3.40. The SMILES string of the molecule is CC(C)CN(Cc1ncccc1-c1ccccc1)C1CCNC1. The van der Waals surface area contributed by atoms with Crippen LogP contribution in [0.25, 0.3) is 11.1 Å². The summed E-state index contributed by atoms with van der Waals surface area (Å²) >= 11 is 0. The van der Waals surface area contributed by atoms with Crippen molar-refractivity contribution in [3.05, 3.63) is 54.4 Å². The van der Waals surface area contributed by atoms with Gasteiger partial charge in [0.25, 0.3) is 0 Å². The second-order valence-electron chi connectivity index (χ2n) is 6.83. The fraction of sp³-hybridized carbons (Fsp3) is 0.450. The first kappa shape index (κ1) is 16.2. The van der Waals surface area contributed by atoms with Gasteiger partial charge in [-0.25, -0.2) is 0 Å². The largest absolute Gasteiger partial charge is 0.315 e. The van der Waals surface area contributed by atoms with Gasteiger partial charge < -0.3 is 5.32 Å². The van der Waals surface area contributed by atoms with Crippen LogP contribution in [0.5, 0.6) is 0 Å². The minimum absolute atomic E-state index is 0.628. The predicted octanol–water partition coefficient (Wildman–Crippen LogP) is 3.57. The van der Waals surface area contributed by atoms with Gasteiger partial charge in [-0.15, -0.1) is 0 Å². The summed E-state index contributed by atoms with van der Waals surface area (Å²) in [7, 11) is 0. The minimum Gasteiger partial charge on any atom is -0.315 e. The molecule has 1 fully saturated rings. The molecule has 2 heterocycles. The van der Waals surface area contributed by atoms with Gasteiger partial charge in [-0.2, -0.15) is 0 Å². The zero-order valence-corrected chi connectivity index (χ0v) is 14.2. The first-order valence-electron chi connectivity index (χ1n) is 8.68. The number of pyridine rings is 1. The molecule has 3 heteroatoms. The third kappa shape index (κ3) is 4.18. The highest BCUT2D eigenvalue weighted by Crippen LogP contribution is 2.24. The number of aromatic nitrogens is 1. The minimum atomic E-state index is 0.628. The molecule has 1 N–H and O–H groups in total. The standard InChI is InChI=1S/C20H27N3/c1-16(2)14-23(18-10-12-21-13-18)15-20-19(9-6-11-22-20)17-7-4-3-5-8-17/h3-9,11,16,18,21H,10,12-15H2,1-2H3. The van der Waals surface area contributed by atoms with Crippen LogP contribution < -0.4 is 5.32 Å². The number of nitrogens with zero attached hydrogens (tertiary/aromatic N) is 2. The number of nitrogens with one attached hydrogen (secondary N) is 1. The molecule has 1 saturated heterocycles. The lowest BCUT2D eigenvalue weighted by atomic mass is 10.0. The van der Waals surface area contributed by atoms with Crippen molar-refractivity contribution in [2.45, 2.75) is 32.9 Å². The van der Waals surface area contributed by atoms with Crippen LogP contribution in [0.1, 0.15) is 26.0 Å². The molecule has 3 nitrogen and oxygen atoms in total. The molecule has 0 radical (unpaired) electrons. The summed E-state index contributed by atoms with van der Waals surface area (Å²) < 4.78 is 0. The number of benzene rings is 1. The summed E-state index contributed by atoms with van der Waals surface area (Å²) in [5, 5.41) is 3.50. The van der Waals surface area contributed by atoms with Crippen LogP contribution in [0.2, 0.25) is 0 Å². The Hall–Kier alpha value is -1.71. The van der Waals surface area contributed by atoms with E-state index in [-0.39, 0.29) is 0 Å². The molecule has 0 aliphatic carbocycles. The molecule has 1 aliphatic rings. The Morgan fingerprint density at radius 2 is 2.00 bits per heavy atom. The molecule has 1 aliphatic heterocycles. The molecule has 3 rings (SSSR count). The van der Waals surface area contributed by atoms with E-state index in [2.05, 4.69) is 60.5 Å². The maximum atomic E-state index is 4.71. The van der Waals surface area contributed by atoms with Crippen molar-refractivity contribution < 1.29 is 0 Å². The monoisotopic (exact) mass is 309 g/mol. The Labute approximate surface area is 139 Å². The zero-order chi connectivity index (χ0) is 16.1. The maximum Gasteiger partial charge on any atom is 0.0622 e. The van der Waals surface area contributed by atoms with Crippen LogP contribution in [-0.2, 0) is 6.54 Å². The smallest absolute Gasteiger partial charge is 0.0622 e. The molecule has 23 heavy (non-hydrogen) atoms. The van der Waals surface area contributed by atoms with E-state index in [1.807, 2.05) is 12.3 Å². The van der Waals surface area contributed by atoms with Gasteiger partial charge in [0, 0.05) is 37.4 Å². The molecular formula is C20H27N3. The molecule has 122 valence electrons. The van der Waals surface area contributed by atoms with E-state index < -0.39 is 0 Å². The summed E-state index contributed by atoms with van der Waals surface area (Å²) in [5.41, 5.74) is 3.70. The molecule has 0 amide bonds. The van der Waals surface area contributed by atoms with E-state index in [9.17, 15) is 0 Å². The molecule has 1 aromatic carbocycles. The van der Waals surface area contributed by atoms with Crippen molar-refractivity contribution in [3.63, 3.8) is 0 Å². The fourth-order valence-corrected chi connectivity index (χ4v) is 3.40. The average Bonchev–Trinajstić information content (AvgIpc) is 3.10. The van der Waals surface area contributed by atoms with Crippen molar-refractivity contribution in [2.75, 3.05) is 19.6 Å². The van der Waals surface area contributed by atoms with Gasteiger partial charge in [-0.05, 0) is 30.5 Å². The quantitative estimate of drug-likeness (QED) is 0.884. The second-order valence-corrected chi connectivity index (χ2v) is 6.83. The highest BCUT2D eigenvalue weighted by molar-refractivity contribution is 5.65. The molecule has 2 aromatic rings. The summed E-state index contributed by atoms with van der Waals surface area (Å²) in [5.74, 6) is 0.666. The Kier molecular flexibility index (Phi) is 5.42. The van der Waals surface area contributed by atoms with Crippen LogP contribution in [0, 0.1) is 5.92 Å². The first-order chi connectivity index (χ1) is 11.2. The third-order valence-electron chi connectivity index (χ3n) is 4.48. The summed E-state index contributed by atoms with van der Waals surface area (Å²) in [4.78, 5) is 7.32. The van der Waals surface area contributed by atoms with E-state index in [0.29, 0.717) is 12.0 Å². The number of rotatable bonds is 6. The van der Waals surface area contributed by atoms with Gasteiger partial charge in [-0.3, -0.25) is 9.88 Å². The molecule has 0 bridgehead atoms. The van der Waals surface area contributed by atoms with Gasteiger partial charge in [0.1, 0.15) is 0 Å². The van der Waals surface area contributed by atoms with Crippen molar-refractivity contribution in [1.29, 1.82) is 0 Å². The van der Waals surface area contributed by atoms with Gasteiger partial charge >= 0.3 is 0 Å². The van der Waals surface area contributed by atoms with Crippen LogP contribution >= 0.6 is 0 Å². The highest BCUT2D eigenvalue weighted by atomic mass is 15.2. The van der Waals surface area contributed by atoms with Crippen molar-refractivity contribution in [3.8, 4) is 11.1 Å². The predicted molar refractivity (Wildman–Crippen MR) is 96.2 cm³/mol. The first-order valence-corrected chi connectivity index (χ1v) is 8.68. The Morgan fingerprint density at radius 3 is 2.70 bits per heavy atom. The summed E-state index contributed by atoms with van der Waals surface area (Å²) in [6.45, 7) is 8.87. The van der Waals surface area contributed by atoms with Gasteiger partial charge in [-0.1, -0.05) is 50.2 Å². The molecule has 1 atom stereocenters. The normalized spacial score (nSPS) is 18.0. The number of hydrogen-bond donors (Lipinski definition) is 1. The highest BCUT2D eigenvalue weighted by Gasteiger charge is 2.24. The van der Waals surface area contributed by atoms with Gasteiger partial charge in [0.15, 0.2) is 0 Å². The number of hydrogen-bond acceptors (Lipinski definition) is 3. The third-order valence-corrected chi connectivity index (χ3v) is 4.48. The van der Waals surface area contributed by atoms with Gasteiger partial charge in [0.2, 0.25) is 0 Å². The van der Waals surface area contributed by atoms with E-state index in [1.165, 1.54) is 23.2 Å².